The molecule has 2 unspecified atom stereocenters. The molecule has 0 saturated heterocycles. The van der Waals surface area contributed by atoms with Gasteiger partial charge in [-0.25, -0.2) is 4.79 Å². The average molecular weight is 273 g/mol. The molecule has 20 heavy (non-hydrogen) atoms. The SMILES string of the molecule is CC1CCCC1C(=O)Nc1cccc(/C=C/C(=O)O)c1. The van der Waals surface area contributed by atoms with Gasteiger partial charge >= 0.3 is 5.97 Å². The van der Waals surface area contributed by atoms with Crippen molar-refractivity contribution in [1.82, 2.24) is 0 Å². The van der Waals surface area contributed by atoms with E-state index < -0.39 is 5.97 Å². The quantitative estimate of drug-likeness (QED) is 0.828. The molecule has 1 amide bonds. The molecule has 106 valence electrons. The molecule has 1 aliphatic rings. The maximum absolute atomic E-state index is 12.2. The van der Waals surface area contributed by atoms with Gasteiger partial charge in [0, 0.05) is 17.7 Å². The Morgan fingerprint density at radius 2 is 2.15 bits per heavy atom. The molecule has 0 aromatic heterocycles. The van der Waals surface area contributed by atoms with Gasteiger partial charge in [0.2, 0.25) is 5.91 Å². The minimum absolute atomic E-state index is 0.0642. The topological polar surface area (TPSA) is 66.4 Å². The van der Waals surface area contributed by atoms with Gasteiger partial charge < -0.3 is 10.4 Å². The summed E-state index contributed by atoms with van der Waals surface area (Å²) in [5, 5.41) is 11.5. The van der Waals surface area contributed by atoms with Crippen LogP contribution in [-0.4, -0.2) is 17.0 Å². The third kappa shape index (κ3) is 3.70. The Balaban J connectivity index is 2.04. The minimum Gasteiger partial charge on any atom is -0.478 e. The lowest BCUT2D eigenvalue weighted by atomic mass is 9.97. The molecule has 1 fully saturated rings. The third-order valence-corrected chi connectivity index (χ3v) is 3.77. The van der Waals surface area contributed by atoms with Gasteiger partial charge in [-0.3, -0.25) is 4.79 Å². The second kappa shape index (κ2) is 6.37. The Labute approximate surface area is 118 Å². The third-order valence-electron chi connectivity index (χ3n) is 3.77. The molecule has 1 aliphatic carbocycles. The van der Waals surface area contributed by atoms with Crippen molar-refractivity contribution in [1.29, 1.82) is 0 Å². The van der Waals surface area contributed by atoms with Crippen LogP contribution in [0.25, 0.3) is 6.08 Å². The van der Waals surface area contributed by atoms with Crippen LogP contribution in [0.15, 0.2) is 30.3 Å². The fraction of sp³-hybridized carbons (Fsp3) is 0.375. The first kappa shape index (κ1) is 14.3. The van der Waals surface area contributed by atoms with E-state index in [9.17, 15) is 9.59 Å². The highest BCUT2D eigenvalue weighted by molar-refractivity contribution is 5.93. The molecular formula is C16H19NO3. The fourth-order valence-electron chi connectivity index (χ4n) is 2.66. The van der Waals surface area contributed by atoms with E-state index in [1.807, 2.05) is 6.07 Å². The lowest BCUT2D eigenvalue weighted by Gasteiger charge is -2.15. The van der Waals surface area contributed by atoms with E-state index in [0.717, 1.165) is 30.9 Å². The number of rotatable bonds is 4. The number of aliphatic carboxylic acids is 1. The molecule has 1 saturated carbocycles. The lowest BCUT2D eigenvalue weighted by molar-refractivity contribution is -0.131. The summed E-state index contributed by atoms with van der Waals surface area (Å²) < 4.78 is 0. The molecule has 2 atom stereocenters. The molecular weight excluding hydrogens is 254 g/mol. The Hall–Kier alpha value is -2.10. The molecule has 1 aromatic carbocycles. The van der Waals surface area contributed by atoms with Crippen LogP contribution in [0, 0.1) is 11.8 Å². The van der Waals surface area contributed by atoms with Gasteiger partial charge in [-0.15, -0.1) is 0 Å². The molecule has 2 rings (SSSR count). The van der Waals surface area contributed by atoms with Crippen LogP contribution in [0.3, 0.4) is 0 Å². The van der Waals surface area contributed by atoms with Crippen molar-refractivity contribution < 1.29 is 14.7 Å². The van der Waals surface area contributed by atoms with E-state index in [2.05, 4.69) is 12.2 Å². The van der Waals surface area contributed by atoms with Gasteiger partial charge in [-0.05, 0) is 42.5 Å². The highest BCUT2D eigenvalue weighted by Crippen LogP contribution is 2.32. The molecule has 4 nitrogen and oxygen atoms in total. The van der Waals surface area contributed by atoms with Gasteiger partial charge in [0.15, 0.2) is 0 Å². The molecule has 0 radical (unpaired) electrons. The van der Waals surface area contributed by atoms with Crippen LogP contribution in [0.1, 0.15) is 31.7 Å². The summed E-state index contributed by atoms with van der Waals surface area (Å²) in [5.74, 6) is -0.396. The van der Waals surface area contributed by atoms with E-state index in [1.54, 1.807) is 18.2 Å². The fourth-order valence-corrected chi connectivity index (χ4v) is 2.66. The van der Waals surface area contributed by atoms with Gasteiger partial charge in [0.1, 0.15) is 0 Å². The van der Waals surface area contributed by atoms with Gasteiger partial charge in [0.25, 0.3) is 0 Å². The zero-order valence-electron chi connectivity index (χ0n) is 11.5. The Morgan fingerprint density at radius 3 is 2.80 bits per heavy atom. The smallest absolute Gasteiger partial charge is 0.328 e. The molecule has 0 bridgehead atoms. The Bertz CT molecular complexity index is 536. The predicted molar refractivity (Wildman–Crippen MR) is 78.2 cm³/mol. The lowest BCUT2D eigenvalue weighted by Crippen LogP contribution is -2.24. The van der Waals surface area contributed by atoms with Crippen molar-refractivity contribution in [2.75, 3.05) is 5.32 Å². The summed E-state index contributed by atoms with van der Waals surface area (Å²) in [6, 6.07) is 7.19. The maximum atomic E-state index is 12.2. The van der Waals surface area contributed by atoms with E-state index in [-0.39, 0.29) is 11.8 Å². The van der Waals surface area contributed by atoms with Crippen molar-refractivity contribution in [2.45, 2.75) is 26.2 Å². The zero-order valence-corrected chi connectivity index (χ0v) is 11.5. The average Bonchev–Trinajstić information content (AvgIpc) is 2.83. The number of anilines is 1. The van der Waals surface area contributed by atoms with Gasteiger partial charge in [-0.2, -0.15) is 0 Å². The predicted octanol–water partition coefficient (Wildman–Crippen LogP) is 3.16. The van der Waals surface area contributed by atoms with Crippen LogP contribution in [-0.2, 0) is 9.59 Å². The monoisotopic (exact) mass is 273 g/mol. The highest BCUT2D eigenvalue weighted by Gasteiger charge is 2.29. The van der Waals surface area contributed by atoms with E-state index >= 15 is 0 Å². The van der Waals surface area contributed by atoms with Crippen LogP contribution in [0.5, 0.6) is 0 Å². The molecule has 0 spiro atoms. The minimum atomic E-state index is -0.987. The van der Waals surface area contributed by atoms with E-state index in [0.29, 0.717) is 11.6 Å². The molecule has 0 aliphatic heterocycles. The summed E-state index contributed by atoms with van der Waals surface area (Å²) in [7, 11) is 0. The molecule has 1 aromatic rings. The first-order chi connectivity index (χ1) is 9.56. The zero-order chi connectivity index (χ0) is 14.5. The first-order valence-corrected chi connectivity index (χ1v) is 6.88. The summed E-state index contributed by atoms with van der Waals surface area (Å²) >= 11 is 0. The van der Waals surface area contributed by atoms with Crippen LogP contribution < -0.4 is 5.32 Å². The standard InChI is InChI=1S/C16H19NO3/c1-11-4-2-7-14(11)16(20)17-13-6-3-5-12(10-13)8-9-15(18)19/h3,5-6,8-11,14H,2,4,7H2,1H3,(H,17,20)(H,18,19)/b9-8+. The van der Waals surface area contributed by atoms with Crippen LogP contribution in [0.4, 0.5) is 5.69 Å². The maximum Gasteiger partial charge on any atom is 0.328 e. The van der Waals surface area contributed by atoms with Crippen molar-refractivity contribution in [3.05, 3.63) is 35.9 Å². The summed E-state index contributed by atoms with van der Waals surface area (Å²) in [6.45, 7) is 2.11. The Morgan fingerprint density at radius 1 is 1.35 bits per heavy atom. The summed E-state index contributed by atoms with van der Waals surface area (Å²) in [6.07, 6.45) is 5.77. The highest BCUT2D eigenvalue weighted by atomic mass is 16.4. The second-order valence-electron chi connectivity index (χ2n) is 5.30. The number of carboxylic acid groups (broad SMARTS) is 1. The molecule has 2 N–H and O–H groups in total. The second-order valence-corrected chi connectivity index (χ2v) is 5.30. The summed E-state index contributed by atoms with van der Waals surface area (Å²) in [4.78, 5) is 22.7. The number of nitrogens with one attached hydrogen (secondary N) is 1. The number of carbonyl (C=O) groups is 2. The van der Waals surface area contributed by atoms with Gasteiger partial charge in [0.05, 0.1) is 0 Å². The van der Waals surface area contributed by atoms with Gasteiger partial charge in [-0.1, -0.05) is 25.5 Å². The number of amides is 1. The van der Waals surface area contributed by atoms with Crippen molar-refractivity contribution in [3.8, 4) is 0 Å². The van der Waals surface area contributed by atoms with Crippen molar-refractivity contribution in [3.63, 3.8) is 0 Å². The van der Waals surface area contributed by atoms with Crippen molar-refractivity contribution in [2.24, 2.45) is 11.8 Å². The van der Waals surface area contributed by atoms with Crippen LogP contribution >= 0.6 is 0 Å². The molecule has 0 heterocycles. The molecule has 4 heteroatoms. The number of benzene rings is 1. The van der Waals surface area contributed by atoms with Crippen LogP contribution in [0.2, 0.25) is 0 Å². The Kier molecular flexibility index (Phi) is 4.56. The largest absolute Gasteiger partial charge is 0.478 e. The van der Waals surface area contributed by atoms with Crippen molar-refractivity contribution >= 4 is 23.6 Å². The van der Waals surface area contributed by atoms with E-state index in [1.165, 1.54) is 6.08 Å². The number of hydrogen-bond acceptors (Lipinski definition) is 2. The summed E-state index contributed by atoms with van der Waals surface area (Å²) in [5.41, 5.74) is 1.46. The number of hydrogen-bond donors (Lipinski definition) is 2. The number of carboxylic acids is 1. The first-order valence-electron chi connectivity index (χ1n) is 6.88. The van der Waals surface area contributed by atoms with E-state index in [4.69, 9.17) is 5.11 Å². The normalized spacial score (nSPS) is 22.1. The number of carbonyl (C=O) groups excluding carboxylic acids is 1.